The monoisotopic (exact) mass is 339 g/mol. The summed E-state index contributed by atoms with van der Waals surface area (Å²) < 4.78 is 15.9. The predicted molar refractivity (Wildman–Crippen MR) is 93.5 cm³/mol. The fraction of sp³-hybridized carbons (Fsp3) is 0.158. The molecule has 2 aromatic carbocycles. The van der Waals surface area contributed by atoms with Crippen molar-refractivity contribution in [3.63, 3.8) is 0 Å². The Labute approximate surface area is 145 Å². The minimum Gasteiger partial charge on any atom is -0.493 e. The van der Waals surface area contributed by atoms with Crippen molar-refractivity contribution in [3.05, 3.63) is 53.6 Å². The highest BCUT2D eigenvalue weighted by molar-refractivity contribution is 6.08. The first kappa shape index (κ1) is 16.6. The van der Waals surface area contributed by atoms with Crippen LogP contribution in [0.1, 0.15) is 15.9 Å². The molecule has 1 N–H and O–H groups in total. The van der Waals surface area contributed by atoms with E-state index in [-0.39, 0.29) is 18.3 Å². The summed E-state index contributed by atoms with van der Waals surface area (Å²) in [4.78, 5) is 23.8. The maximum absolute atomic E-state index is 12.4. The number of rotatable bonds is 5. The Bertz CT molecular complexity index is 857. The minimum atomic E-state index is -0.242. The number of methoxy groups -OCH3 is 2. The molecule has 1 amide bonds. The Kier molecular flexibility index (Phi) is 4.70. The first-order valence-corrected chi connectivity index (χ1v) is 7.62. The van der Waals surface area contributed by atoms with Crippen molar-refractivity contribution in [2.75, 3.05) is 26.1 Å². The van der Waals surface area contributed by atoms with Gasteiger partial charge in [-0.15, -0.1) is 0 Å². The molecule has 3 rings (SSSR count). The van der Waals surface area contributed by atoms with Gasteiger partial charge in [0.15, 0.2) is 23.9 Å². The maximum atomic E-state index is 12.4. The van der Waals surface area contributed by atoms with E-state index in [1.165, 1.54) is 6.08 Å². The molecular weight excluding hydrogens is 322 g/mol. The van der Waals surface area contributed by atoms with E-state index in [9.17, 15) is 9.59 Å². The van der Waals surface area contributed by atoms with Crippen molar-refractivity contribution >= 4 is 23.5 Å². The second kappa shape index (κ2) is 7.09. The predicted octanol–water partition coefficient (Wildman–Crippen LogP) is 2.93. The summed E-state index contributed by atoms with van der Waals surface area (Å²) in [5.41, 5.74) is 1.67. The SMILES string of the molecule is COc1cccc(/C=C/C(=O)c2ccc3c(c2)NC(=O)CO3)c1OC. The van der Waals surface area contributed by atoms with E-state index >= 15 is 0 Å². The summed E-state index contributed by atoms with van der Waals surface area (Å²) in [5, 5.41) is 2.69. The molecule has 0 aromatic heterocycles. The molecule has 0 unspecified atom stereocenters. The Morgan fingerprint density at radius 2 is 2.04 bits per heavy atom. The molecule has 0 saturated carbocycles. The van der Waals surface area contributed by atoms with Crippen LogP contribution in [0, 0.1) is 0 Å². The number of nitrogens with one attached hydrogen (secondary N) is 1. The van der Waals surface area contributed by atoms with Gasteiger partial charge in [-0.05, 0) is 36.4 Å². The molecule has 6 nitrogen and oxygen atoms in total. The molecule has 0 radical (unpaired) electrons. The van der Waals surface area contributed by atoms with Gasteiger partial charge in [0.1, 0.15) is 5.75 Å². The summed E-state index contributed by atoms with van der Waals surface area (Å²) in [5.74, 6) is 1.25. The van der Waals surface area contributed by atoms with E-state index in [1.807, 2.05) is 12.1 Å². The van der Waals surface area contributed by atoms with Gasteiger partial charge in [0.05, 0.1) is 19.9 Å². The van der Waals surface area contributed by atoms with Crippen molar-refractivity contribution in [1.82, 2.24) is 0 Å². The Morgan fingerprint density at radius 3 is 2.80 bits per heavy atom. The topological polar surface area (TPSA) is 73.9 Å². The van der Waals surface area contributed by atoms with Crippen molar-refractivity contribution in [3.8, 4) is 17.2 Å². The first-order valence-electron chi connectivity index (χ1n) is 7.62. The largest absolute Gasteiger partial charge is 0.493 e. The number of allylic oxidation sites excluding steroid dienone is 1. The van der Waals surface area contributed by atoms with Gasteiger partial charge in [-0.3, -0.25) is 9.59 Å². The lowest BCUT2D eigenvalue weighted by atomic mass is 10.1. The van der Waals surface area contributed by atoms with Crippen LogP contribution < -0.4 is 19.5 Å². The molecule has 0 atom stereocenters. The summed E-state index contributed by atoms with van der Waals surface area (Å²) >= 11 is 0. The second-order valence-corrected chi connectivity index (χ2v) is 5.33. The average molecular weight is 339 g/mol. The number of anilines is 1. The normalized spacial score (nSPS) is 13.0. The van der Waals surface area contributed by atoms with Crippen LogP contribution in [-0.2, 0) is 4.79 Å². The smallest absolute Gasteiger partial charge is 0.262 e. The van der Waals surface area contributed by atoms with Gasteiger partial charge >= 0.3 is 0 Å². The molecule has 128 valence electrons. The Balaban J connectivity index is 1.84. The number of para-hydroxylation sites is 1. The molecule has 0 aliphatic carbocycles. The van der Waals surface area contributed by atoms with E-state index in [4.69, 9.17) is 14.2 Å². The molecule has 2 aromatic rings. The summed E-state index contributed by atoms with van der Waals surface area (Å²) in [6, 6.07) is 10.4. The van der Waals surface area contributed by atoms with Crippen LogP contribution in [0.3, 0.4) is 0 Å². The number of benzene rings is 2. The lowest BCUT2D eigenvalue weighted by Crippen LogP contribution is -2.25. The first-order chi connectivity index (χ1) is 12.1. The third-order valence-electron chi connectivity index (χ3n) is 3.74. The van der Waals surface area contributed by atoms with E-state index < -0.39 is 0 Å². The maximum Gasteiger partial charge on any atom is 0.262 e. The van der Waals surface area contributed by atoms with Crippen LogP contribution in [0.5, 0.6) is 17.2 Å². The molecule has 0 fully saturated rings. The Morgan fingerprint density at radius 1 is 1.20 bits per heavy atom. The fourth-order valence-electron chi connectivity index (χ4n) is 2.54. The van der Waals surface area contributed by atoms with Gasteiger partial charge in [0, 0.05) is 11.1 Å². The zero-order valence-electron chi connectivity index (χ0n) is 13.9. The summed E-state index contributed by atoms with van der Waals surface area (Å²) in [6.07, 6.45) is 3.11. The molecule has 1 aliphatic rings. The fourth-order valence-corrected chi connectivity index (χ4v) is 2.54. The number of ether oxygens (including phenoxy) is 3. The molecule has 0 saturated heterocycles. The van der Waals surface area contributed by atoms with Crippen molar-refractivity contribution in [1.29, 1.82) is 0 Å². The van der Waals surface area contributed by atoms with E-state index in [1.54, 1.807) is 44.6 Å². The van der Waals surface area contributed by atoms with Gasteiger partial charge in [0.25, 0.3) is 5.91 Å². The van der Waals surface area contributed by atoms with Crippen LogP contribution >= 0.6 is 0 Å². The lowest BCUT2D eigenvalue weighted by Gasteiger charge is -2.18. The number of hydrogen-bond acceptors (Lipinski definition) is 5. The van der Waals surface area contributed by atoms with Crippen LogP contribution in [0.4, 0.5) is 5.69 Å². The quantitative estimate of drug-likeness (QED) is 0.670. The van der Waals surface area contributed by atoms with Crippen LogP contribution in [-0.4, -0.2) is 32.5 Å². The van der Waals surface area contributed by atoms with Crippen molar-refractivity contribution in [2.24, 2.45) is 0 Å². The van der Waals surface area contributed by atoms with Crippen LogP contribution in [0.25, 0.3) is 6.08 Å². The van der Waals surface area contributed by atoms with Crippen LogP contribution in [0.15, 0.2) is 42.5 Å². The third-order valence-corrected chi connectivity index (χ3v) is 3.74. The van der Waals surface area contributed by atoms with Gasteiger partial charge < -0.3 is 19.5 Å². The molecule has 25 heavy (non-hydrogen) atoms. The number of ketones is 1. The minimum absolute atomic E-state index is 0.0180. The molecule has 0 spiro atoms. The standard InChI is InChI=1S/C19H17NO5/c1-23-17-5-3-4-12(19(17)24-2)6-8-15(21)13-7-9-16-14(10-13)20-18(22)11-25-16/h3-10H,11H2,1-2H3,(H,20,22)/b8-6+. The highest BCUT2D eigenvalue weighted by Crippen LogP contribution is 2.32. The highest BCUT2D eigenvalue weighted by atomic mass is 16.5. The van der Waals surface area contributed by atoms with Crippen molar-refractivity contribution < 1.29 is 23.8 Å². The number of fused-ring (bicyclic) bond motifs is 1. The number of amides is 1. The number of hydrogen-bond donors (Lipinski definition) is 1. The van der Waals surface area contributed by atoms with E-state index in [2.05, 4.69) is 5.32 Å². The van der Waals surface area contributed by atoms with Gasteiger partial charge in [0.2, 0.25) is 0 Å². The van der Waals surface area contributed by atoms with Gasteiger partial charge in [-0.2, -0.15) is 0 Å². The molecule has 1 aliphatic heterocycles. The van der Waals surface area contributed by atoms with Crippen molar-refractivity contribution in [2.45, 2.75) is 0 Å². The third kappa shape index (κ3) is 3.47. The molecular formula is C19H17NO5. The molecule has 6 heteroatoms. The van der Waals surface area contributed by atoms with E-state index in [0.717, 1.165) is 5.56 Å². The molecule has 1 heterocycles. The average Bonchev–Trinajstić information content (AvgIpc) is 2.64. The Hall–Kier alpha value is -3.28. The summed E-state index contributed by atoms with van der Waals surface area (Å²) in [6.45, 7) is -0.0180. The molecule has 0 bridgehead atoms. The number of carbonyl (C=O) groups is 2. The number of carbonyl (C=O) groups excluding carboxylic acids is 2. The van der Waals surface area contributed by atoms with Crippen LogP contribution in [0.2, 0.25) is 0 Å². The zero-order chi connectivity index (χ0) is 17.8. The highest BCUT2D eigenvalue weighted by Gasteiger charge is 2.17. The zero-order valence-corrected chi connectivity index (χ0v) is 13.9. The lowest BCUT2D eigenvalue weighted by molar-refractivity contribution is -0.118. The summed E-state index contributed by atoms with van der Waals surface area (Å²) in [7, 11) is 3.10. The second-order valence-electron chi connectivity index (χ2n) is 5.33. The van der Waals surface area contributed by atoms with E-state index in [0.29, 0.717) is 28.5 Å². The van der Waals surface area contributed by atoms with Gasteiger partial charge in [-0.25, -0.2) is 0 Å². The van der Waals surface area contributed by atoms with Gasteiger partial charge in [-0.1, -0.05) is 12.1 Å².